The molecule has 0 aliphatic heterocycles. The molecule has 0 radical (unpaired) electrons. The molecule has 0 unspecified atom stereocenters. The Balaban J connectivity index is 5.72. The minimum absolute atomic E-state index is 0.243. The molecule has 0 amide bonds. The van der Waals surface area contributed by atoms with E-state index in [1.807, 2.05) is 0 Å². The van der Waals surface area contributed by atoms with E-state index < -0.39 is 16.1 Å². The molecule has 0 aliphatic rings. The molecule has 0 aromatic rings. The van der Waals surface area contributed by atoms with E-state index in [-0.39, 0.29) is 12.6 Å². The van der Waals surface area contributed by atoms with Gasteiger partial charge in [-0.15, -0.1) is 0 Å². The Morgan fingerprint density at radius 2 is 1.58 bits per heavy atom. The van der Waals surface area contributed by atoms with Crippen LogP contribution >= 0.6 is 0 Å². The van der Waals surface area contributed by atoms with Crippen LogP contribution in [0.15, 0.2) is 35.2 Å². The molecule has 19 heavy (non-hydrogen) atoms. The number of hydrogen-bond acceptors (Lipinski definition) is 2. The number of allylic oxidation sites excluding steroid dienone is 1. The molecule has 0 aromatic heterocycles. The van der Waals surface area contributed by atoms with Gasteiger partial charge in [-0.1, -0.05) is 68.9 Å². The lowest BCUT2D eigenvalue weighted by atomic mass is 10.2. The topological polar surface area (TPSA) is 26.3 Å². The second-order valence-electron chi connectivity index (χ2n) is 6.87. The summed E-state index contributed by atoms with van der Waals surface area (Å²) in [5, 5.41) is 2.16. The molecule has 0 rings (SSSR count). The predicted octanol–water partition coefficient (Wildman–Crippen LogP) is 4.34. The third-order valence-electron chi connectivity index (χ3n) is 3.24. The lowest BCUT2D eigenvalue weighted by molar-refractivity contribution is -0.137. The van der Waals surface area contributed by atoms with Crippen molar-refractivity contribution in [3.63, 3.8) is 0 Å². The zero-order valence-electron chi connectivity index (χ0n) is 13.5. The number of esters is 1. The molecule has 2 nitrogen and oxygen atoms in total. The van der Waals surface area contributed by atoms with Crippen LogP contribution in [0.1, 0.15) is 6.92 Å². The van der Waals surface area contributed by atoms with Crippen LogP contribution in [0.25, 0.3) is 0 Å². The van der Waals surface area contributed by atoms with Gasteiger partial charge in [0, 0.05) is 0 Å². The fourth-order valence-corrected chi connectivity index (χ4v) is 3.63. The molecule has 0 saturated heterocycles. The van der Waals surface area contributed by atoms with Crippen molar-refractivity contribution in [3.05, 3.63) is 35.2 Å². The molecule has 108 valence electrons. The van der Waals surface area contributed by atoms with E-state index in [1.54, 1.807) is 6.08 Å². The zero-order valence-corrected chi connectivity index (χ0v) is 15.5. The van der Waals surface area contributed by atoms with Crippen molar-refractivity contribution < 1.29 is 9.53 Å². The summed E-state index contributed by atoms with van der Waals surface area (Å²) in [4.78, 5) is 12.3. The Hall–Kier alpha value is -0.876. The molecular formula is C15H28O2Si2. The summed E-state index contributed by atoms with van der Waals surface area (Å²) in [6.45, 7) is 23.4. The summed E-state index contributed by atoms with van der Waals surface area (Å²) in [5.41, 5.74) is 0.736. The van der Waals surface area contributed by atoms with Crippen LogP contribution in [-0.4, -0.2) is 28.7 Å². The highest BCUT2D eigenvalue weighted by Crippen LogP contribution is 2.29. The predicted molar refractivity (Wildman–Crippen MR) is 89.7 cm³/mol. The van der Waals surface area contributed by atoms with Gasteiger partial charge in [-0.3, -0.25) is 0 Å². The van der Waals surface area contributed by atoms with Crippen LogP contribution in [-0.2, 0) is 9.53 Å². The molecule has 0 aromatic carbocycles. The van der Waals surface area contributed by atoms with E-state index in [1.165, 1.54) is 5.20 Å². The Morgan fingerprint density at radius 1 is 1.11 bits per heavy atom. The highest BCUT2D eigenvalue weighted by Gasteiger charge is 2.31. The van der Waals surface area contributed by atoms with Gasteiger partial charge in [-0.2, -0.15) is 0 Å². The fourth-order valence-electron chi connectivity index (χ4n) is 1.46. The standard InChI is InChI=1S/C15H28O2Si2/c1-10-11-17-15(16)14(12(2)18(4,5)6)13(3)19(7,8)9/h10H,1-2,11H2,3-9H3. The molecule has 0 heterocycles. The van der Waals surface area contributed by atoms with Gasteiger partial charge < -0.3 is 4.74 Å². The van der Waals surface area contributed by atoms with Crippen LogP contribution in [0, 0.1) is 0 Å². The van der Waals surface area contributed by atoms with E-state index in [0.717, 1.165) is 10.8 Å². The fraction of sp³-hybridized carbons (Fsp3) is 0.533. The van der Waals surface area contributed by atoms with Crippen LogP contribution in [0.3, 0.4) is 0 Å². The van der Waals surface area contributed by atoms with E-state index in [4.69, 9.17) is 4.74 Å². The van der Waals surface area contributed by atoms with Crippen LogP contribution in [0.5, 0.6) is 0 Å². The van der Waals surface area contributed by atoms with Gasteiger partial charge in [0.2, 0.25) is 0 Å². The smallest absolute Gasteiger partial charge is 0.337 e. The average molecular weight is 297 g/mol. The summed E-state index contributed by atoms with van der Waals surface area (Å²) >= 11 is 0. The minimum Gasteiger partial charge on any atom is -0.458 e. The highest BCUT2D eigenvalue weighted by atomic mass is 28.3. The van der Waals surface area contributed by atoms with E-state index >= 15 is 0 Å². The van der Waals surface area contributed by atoms with Gasteiger partial charge in [-0.25, -0.2) is 4.79 Å². The number of rotatable bonds is 6. The van der Waals surface area contributed by atoms with Crippen molar-refractivity contribution in [3.8, 4) is 0 Å². The molecule has 0 fully saturated rings. The third-order valence-corrected chi connectivity index (χ3v) is 7.80. The van der Waals surface area contributed by atoms with Crippen molar-refractivity contribution >= 4 is 22.1 Å². The average Bonchev–Trinajstić information content (AvgIpc) is 2.23. The SMILES string of the molecule is C=CCOC(=O)C(C(=C)[Si](C)(C)C)=C(C)[Si](C)(C)C. The van der Waals surface area contributed by atoms with Gasteiger partial charge in [0.1, 0.15) is 6.61 Å². The summed E-state index contributed by atoms with van der Waals surface area (Å²) < 4.78 is 5.25. The lowest BCUT2D eigenvalue weighted by Gasteiger charge is -2.27. The summed E-state index contributed by atoms with van der Waals surface area (Å²) in [6, 6.07) is 0. The first-order chi connectivity index (χ1) is 8.42. The van der Waals surface area contributed by atoms with Crippen LogP contribution in [0.2, 0.25) is 39.3 Å². The Kier molecular flexibility index (Phi) is 6.22. The largest absolute Gasteiger partial charge is 0.458 e. The van der Waals surface area contributed by atoms with Crippen molar-refractivity contribution in [2.24, 2.45) is 0 Å². The maximum absolute atomic E-state index is 12.3. The van der Waals surface area contributed by atoms with Crippen molar-refractivity contribution in [1.29, 1.82) is 0 Å². The molecule has 0 aliphatic carbocycles. The summed E-state index contributed by atoms with van der Waals surface area (Å²) in [7, 11) is -3.18. The molecule has 0 atom stereocenters. The normalized spacial score (nSPS) is 13.6. The maximum Gasteiger partial charge on any atom is 0.337 e. The van der Waals surface area contributed by atoms with Crippen LogP contribution < -0.4 is 0 Å². The van der Waals surface area contributed by atoms with Gasteiger partial charge in [0.25, 0.3) is 0 Å². The molecular weight excluding hydrogens is 268 g/mol. The summed E-state index contributed by atoms with van der Waals surface area (Å²) in [5.74, 6) is -0.243. The number of hydrogen-bond donors (Lipinski definition) is 0. The van der Waals surface area contributed by atoms with E-state index in [9.17, 15) is 4.79 Å². The van der Waals surface area contributed by atoms with Gasteiger partial charge in [0.05, 0.1) is 21.7 Å². The number of carbonyl (C=O) groups is 1. The summed E-state index contributed by atoms with van der Waals surface area (Å²) in [6.07, 6.45) is 1.59. The molecule has 4 heteroatoms. The first-order valence-corrected chi connectivity index (χ1v) is 13.6. The van der Waals surface area contributed by atoms with Crippen molar-refractivity contribution in [2.75, 3.05) is 6.61 Å². The van der Waals surface area contributed by atoms with Crippen molar-refractivity contribution in [2.45, 2.75) is 46.2 Å². The quantitative estimate of drug-likeness (QED) is 0.239. The first kappa shape index (κ1) is 18.1. The van der Waals surface area contributed by atoms with Crippen molar-refractivity contribution in [1.82, 2.24) is 0 Å². The highest BCUT2D eigenvalue weighted by molar-refractivity contribution is 6.86. The van der Waals surface area contributed by atoms with Gasteiger partial charge >= 0.3 is 5.97 Å². The monoisotopic (exact) mass is 296 g/mol. The van der Waals surface area contributed by atoms with Crippen LogP contribution in [0.4, 0.5) is 0 Å². The molecule has 0 bridgehead atoms. The molecule has 0 saturated carbocycles. The second-order valence-corrected chi connectivity index (χ2v) is 17.2. The lowest BCUT2D eigenvalue weighted by Crippen LogP contribution is -2.33. The Bertz CT molecular complexity index is 407. The van der Waals surface area contributed by atoms with Gasteiger partial charge in [-0.05, 0) is 6.92 Å². The Labute approximate surface area is 120 Å². The first-order valence-electron chi connectivity index (χ1n) is 6.62. The maximum atomic E-state index is 12.3. The number of ether oxygens (including phenoxy) is 1. The zero-order chi connectivity index (χ0) is 15.4. The number of carbonyl (C=O) groups excluding carboxylic acids is 1. The second kappa shape index (κ2) is 6.52. The third kappa shape index (κ3) is 5.32. The molecule has 0 N–H and O–H groups in total. The Morgan fingerprint density at radius 3 is 1.89 bits per heavy atom. The van der Waals surface area contributed by atoms with Gasteiger partial charge in [0.15, 0.2) is 0 Å². The minimum atomic E-state index is -1.62. The van der Waals surface area contributed by atoms with E-state index in [0.29, 0.717) is 0 Å². The molecule has 0 spiro atoms. The van der Waals surface area contributed by atoms with E-state index in [2.05, 4.69) is 59.4 Å².